The van der Waals surface area contributed by atoms with Crippen LogP contribution in [0.4, 0.5) is 8.78 Å². The van der Waals surface area contributed by atoms with Crippen LogP contribution in [-0.2, 0) is 10.8 Å². The minimum absolute atomic E-state index is 0.284. The van der Waals surface area contributed by atoms with Crippen LogP contribution in [-0.4, -0.2) is 18.5 Å². The average molecular weight is 435 g/mol. The third-order valence-electron chi connectivity index (χ3n) is 5.21. The molecule has 2 aromatic rings. The van der Waals surface area contributed by atoms with Gasteiger partial charge in [-0.1, -0.05) is 44.0 Å². The predicted octanol–water partition coefficient (Wildman–Crippen LogP) is 7.08. The highest BCUT2D eigenvalue weighted by molar-refractivity contribution is 6.73. The van der Waals surface area contributed by atoms with Crippen LogP contribution in [0.1, 0.15) is 50.8 Å². The van der Waals surface area contributed by atoms with Crippen LogP contribution in [0.2, 0.25) is 28.4 Å². The second-order valence-corrected chi connectivity index (χ2v) is 12.2. The van der Waals surface area contributed by atoms with Crippen molar-refractivity contribution in [3.05, 3.63) is 51.3 Å². The highest BCUT2D eigenvalue weighted by Crippen LogP contribution is 2.38. The zero-order chi connectivity index (χ0) is 20.0. The number of hydrogen-bond acceptors (Lipinski definition) is 2. The van der Waals surface area contributed by atoms with E-state index in [1.807, 2.05) is 0 Å². The summed E-state index contributed by atoms with van der Waals surface area (Å²) in [6.45, 7) is 6.47. The molecule has 27 heavy (non-hydrogen) atoms. The van der Waals surface area contributed by atoms with Crippen molar-refractivity contribution in [3.63, 3.8) is 0 Å². The van der Waals surface area contributed by atoms with Crippen LogP contribution < -0.4 is 0 Å². The molecule has 1 aromatic carbocycles. The van der Waals surface area contributed by atoms with Crippen LogP contribution in [0.3, 0.4) is 0 Å². The van der Waals surface area contributed by atoms with Gasteiger partial charge >= 0.3 is 0 Å². The van der Waals surface area contributed by atoms with Gasteiger partial charge in [-0.15, -0.1) is 0 Å². The summed E-state index contributed by atoms with van der Waals surface area (Å²) in [6.07, 6.45) is 1.59. The number of nitrogens with zero attached hydrogens (tertiary/aromatic N) is 1. The van der Waals surface area contributed by atoms with Crippen molar-refractivity contribution < 1.29 is 13.2 Å². The Morgan fingerprint density at radius 1 is 1.07 bits per heavy atom. The number of aryl methyl sites for hydroxylation is 1. The molecule has 8 heteroatoms. The van der Waals surface area contributed by atoms with Crippen molar-refractivity contribution in [2.24, 2.45) is 0 Å². The molecular formula is C19H26Cl2F2N2OSi. The zero-order valence-electron chi connectivity index (χ0n) is 15.9. The van der Waals surface area contributed by atoms with Gasteiger partial charge in [-0.05, 0) is 55.1 Å². The lowest BCUT2D eigenvalue weighted by Gasteiger charge is -2.33. The van der Waals surface area contributed by atoms with E-state index in [2.05, 4.69) is 31.0 Å². The summed E-state index contributed by atoms with van der Waals surface area (Å²) in [4.78, 5) is 0. The van der Waals surface area contributed by atoms with Crippen molar-refractivity contribution in [2.45, 2.75) is 64.3 Å². The van der Waals surface area contributed by atoms with E-state index in [0.717, 1.165) is 24.2 Å². The third-order valence-corrected chi connectivity index (χ3v) is 10.4. The van der Waals surface area contributed by atoms with Crippen molar-refractivity contribution >= 4 is 31.5 Å². The predicted molar refractivity (Wildman–Crippen MR) is 109 cm³/mol. The highest BCUT2D eigenvalue weighted by Gasteiger charge is 2.34. The number of rotatable bonds is 10. The van der Waals surface area contributed by atoms with Gasteiger partial charge in [0, 0.05) is 6.07 Å². The maximum absolute atomic E-state index is 13.4. The lowest BCUT2D eigenvalue weighted by molar-refractivity contribution is 0.177. The van der Waals surface area contributed by atoms with Crippen molar-refractivity contribution in [1.82, 2.24) is 10.2 Å². The zero-order valence-corrected chi connectivity index (χ0v) is 18.4. The molecule has 0 aliphatic heterocycles. The van der Waals surface area contributed by atoms with E-state index in [-0.39, 0.29) is 6.10 Å². The monoisotopic (exact) mass is 434 g/mol. The number of halogens is 4. The SMILES string of the molecule is CC[Si](CC)(CC)OC(CCCc1cc(F)cc(F)c1)c1c(Cl)n[nH]c1Cl. The van der Waals surface area contributed by atoms with Gasteiger partial charge in [0.15, 0.2) is 13.5 Å². The first kappa shape index (κ1) is 22.3. The summed E-state index contributed by atoms with van der Waals surface area (Å²) in [5, 5.41) is 7.37. The topological polar surface area (TPSA) is 37.9 Å². The van der Waals surface area contributed by atoms with Crippen LogP contribution >= 0.6 is 23.2 Å². The van der Waals surface area contributed by atoms with Crippen LogP contribution in [0.15, 0.2) is 18.2 Å². The average Bonchev–Trinajstić information content (AvgIpc) is 2.96. The van der Waals surface area contributed by atoms with Gasteiger partial charge in [-0.2, -0.15) is 5.10 Å². The number of H-pyrrole nitrogens is 1. The fraction of sp³-hybridized carbons (Fsp3) is 0.526. The summed E-state index contributed by atoms with van der Waals surface area (Å²) in [7, 11) is -1.91. The third kappa shape index (κ3) is 5.76. The molecule has 0 saturated carbocycles. The largest absolute Gasteiger partial charge is 0.410 e. The molecule has 0 amide bonds. The molecule has 0 aliphatic carbocycles. The first-order chi connectivity index (χ1) is 12.8. The van der Waals surface area contributed by atoms with Crippen molar-refractivity contribution in [2.75, 3.05) is 0 Å². The molecule has 1 unspecified atom stereocenters. The molecule has 3 nitrogen and oxygen atoms in total. The first-order valence-electron chi connectivity index (χ1n) is 9.36. The molecular weight excluding hydrogens is 409 g/mol. The summed E-state index contributed by atoms with van der Waals surface area (Å²) in [6, 6.07) is 6.60. The van der Waals surface area contributed by atoms with E-state index in [0.29, 0.717) is 40.7 Å². The van der Waals surface area contributed by atoms with Crippen LogP contribution in [0.5, 0.6) is 0 Å². The summed E-state index contributed by atoms with van der Waals surface area (Å²) in [5.41, 5.74) is 1.30. The van der Waals surface area contributed by atoms with Gasteiger partial charge in [0.05, 0.1) is 11.7 Å². The quantitative estimate of drug-likeness (QED) is 0.405. The van der Waals surface area contributed by atoms with Gasteiger partial charge in [0.1, 0.15) is 16.8 Å². The van der Waals surface area contributed by atoms with Crippen molar-refractivity contribution in [3.8, 4) is 0 Å². The Bertz CT molecular complexity index is 705. The number of nitrogens with one attached hydrogen (secondary N) is 1. The van der Waals surface area contributed by atoms with Crippen LogP contribution in [0.25, 0.3) is 0 Å². The fourth-order valence-electron chi connectivity index (χ4n) is 3.39. The molecule has 1 atom stereocenters. The Morgan fingerprint density at radius 2 is 1.67 bits per heavy atom. The Balaban J connectivity index is 2.17. The maximum atomic E-state index is 13.4. The molecule has 0 spiro atoms. The molecule has 1 aromatic heterocycles. The lowest BCUT2D eigenvalue weighted by atomic mass is 10.0. The molecule has 0 aliphatic rings. The maximum Gasteiger partial charge on any atom is 0.192 e. The molecule has 0 radical (unpaired) electrons. The molecule has 0 saturated heterocycles. The standard InChI is InChI=1S/C19H26Cl2F2N2OSi/c1-4-27(5-2,6-3)26-16(17-18(20)24-25-19(17)21)9-7-8-13-10-14(22)12-15(23)11-13/h10-12,16H,4-9H2,1-3H3,(H,24,25). The highest BCUT2D eigenvalue weighted by atomic mass is 35.5. The van der Waals surface area contributed by atoms with E-state index in [1.165, 1.54) is 12.1 Å². The molecule has 0 bridgehead atoms. The lowest BCUT2D eigenvalue weighted by Crippen LogP contribution is -2.37. The summed E-state index contributed by atoms with van der Waals surface area (Å²) < 4.78 is 33.4. The number of benzene rings is 1. The fourth-order valence-corrected chi connectivity index (χ4v) is 6.79. The Morgan fingerprint density at radius 3 is 2.15 bits per heavy atom. The Hall–Kier alpha value is -0.953. The van der Waals surface area contributed by atoms with Gasteiger partial charge in [0.2, 0.25) is 0 Å². The summed E-state index contributed by atoms with van der Waals surface area (Å²) >= 11 is 12.5. The minimum atomic E-state index is -1.91. The van der Waals surface area contributed by atoms with E-state index in [9.17, 15) is 8.78 Å². The molecule has 150 valence electrons. The second-order valence-electron chi connectivity index (χ2n) is 6.76. The number of aromatic amines is 1. The minimum Gasteiger partial charge on any atom is -0.410 e. The van der Waals surface area contributed by atoms with Crippen LogP contribution in [0, 0.1) is 11.6 Å². The molecule has 1 heterocycles. The number of hydrogen-bond donors (Lipinski definition) is 1. The molecule has 0 fully saturated rings. The Labute approximate surface area is 170 Å². The van der Waals surface area contributed by atoms with Gasteiger partial charge in [-0.3, -0.25) is 5.10 Å². The molecule has 2 rings (SSSR count). The first-order valence-corrected chi connectivity index (χ1v) is 12.6. The smallest absolute Gasteiger partial charge is 0.192 e. The Kier molecular flexibility index (Phi) is 8.28. The number of aromatic nitrogens is 2. The van der Waals surface area contributed by atoms with Gasteiger partial charge in [-0.25, -0.2) is 8.78 Å². The van der Waals surface area contributed by atoms with Gasteiger partial charge < -0.3 is 4.43 Å². The van der Waals surface area contributed by atoms with E-state index in [4.69, 9.17) is 27.6 Å². The molecule has 1 N–H and O–H groups in total. The second kappa shape index (κ2) is 10.0. The van der Waals surface area contributed by atoms with E-state index < -0.39 is 20.0 Å². The van der Waals surface area contributed by atoms with E-state index >= 15 is 0 Å². The van der Waals surface area contributed by atoms with E-state index in [1.54, 1.807) is 0 Å². The summed E-state index contributed by atoms with van der Waals surface area (Å²) in [5.74, 6) is -1.12. The van der Waals surface area contributed by atoms with Crippen molar-refractivity contribution in [1.29, 1.82) is 0 Å². The van der Waals surface area contributed by atoms with Gasteiger partial charge in [0.25, 0.3) is 0 Å². The normalized spacial score (nSPS) is 13.1.